The van der Waals surface area contributed by atoms with E-state index in [0.717, 1.165) is 4.41 Å². The van der Waals surface area contributed by atoms with Crippen molar-refractivity contribution in [3.63, 3.8) is 0 Å². The standard InChI is InChI=1S/C22H28N2O7S/c1-6-17(15-31-16(2)25)24(32(26,27)19-12-10-18(28-3)11-13-19)23-14-20-21(29-4)8-7-9-22(20)30-5/h7-14,17H,6,15H2,1-5H3/b23-14+. The molecule has 2 aromatic rings. The third-order valence-electron chi connectivity index (χ3n) is 4.63. The van der Waals surface area contributed by atoms with Gasteiger partial charge in [0.1, 0.15) is 23.9 Å². The maximum absolute atomic E-state index is 13.5. The lowest BCUT2D eigenvalue weighted by Gasteiger charge is -2.27. The Morgan fingerprint density at radius 1 is 1.03 bits per heavy atom. The van der Waals surface area contributed by atoms with E-state index in [0.29, 0.717) is 29.2 Å². The van der Waals surface area contributed by atoms with E-state index < -0.39 is 22.0 Å². The molecule has 174 valence electrons. The van der Waals surface area contributed by atoms with Crippen molar-refractivity contribution >= 4 is 22.2 Å². The molecule has 0 heterocycles. The van der Waals surface area contributed by atoms with Gasteiger partial charge >= 0.3 is 5.97 Å². The SMILES string of the molecule is CCC(COC(C)=O)N(/N=C/c1c(OC)cccc1OC)S(=O)(=O)c1ccc(OC)cc1. The zero-order valence-corrected chi connectivity index (χ0v) is 19.6. The molecular weight excluding hydrogens is 436 g/mol. The molecule has 10 heteroatoms. The molecule has 0 radical (unpaired) electrons. The molecule has 0 amide bonds. The van der Waals surface area contributed by atoms with Crippen LogP contribution in [-0.4, -0.2) is 59.0 Å². The second kappa shape index (κ2) is 11.4. The monoisotopic (exact) mass is 464 g/mol. The van der Waals surface area contributed by atoms with Gasteiger partial charge in [0.15, 0.2) is 0 Å². The molecule has 1 atom stereocenters. The fraction of sp³-hybridized carbons (Fsp3) is 0.364. The number of carbonyl (C=O) groups excluding carboxylic acids is 1. The summed E-state index contributed by atoms with van der Waals surface area (Å²) in [5, 5.41) is 4.29. The smallest absolute Gasteiger partial charge is 0.302 e. The molecule has 1 unspecified atom stereocenters. The topological polar surface area (TPSA) is 104 Å². The minimum absolute atomic E-state index is 0.0173. The number of esters is 1. The number of hydrazone groups is 1. The number of carbonyl (C=O) groups is 1. The van der Waals surface area contributed by atoms with Crippen molar-refractivity contribution in [1.29, 1.82) is 0 Å². The molecule has 0 fully saturated rings. The number of methoxy groups -OCH3 is 3. The van der Waals surface area contributed by atoms with Crippen molar-refractivity contribution in [3.05, 3.63) is 48.0 Å². The first-order chi connectivity index (χ1) is 15.3. The molecule has 0 aliphatic heterocycles. The Hall–Kier alpha value is -3.27. The van der Waals surface area contributed by atoms with Crippen molar-refractivity contribution in [2.75, 3.05) is 27.9 Å². The highest BCUT2D eigenvalue weighted by atomic mass is 32.2. The van der Waals surface area contributed by atoms with E-state index in [1.807, 2.05) is 0 Å². The van der Waals surface area contributed by atoms with Gasteiger partial charge in [-0.3, -0.25) is 4.79 Å². The van der Waals surface area contributed by atoms with Crippen molar-refractivity contribution in [2.45, 2.75) is 31.2 Å². The van der Waals surface area contributed by atoms with Crippen LogP contribution in [0.3, 0.4) is 0 Å². The Morgan fingerprint density at radius 3 is 2.09 bits per heavy atom. The second-order valence-corrected chi connectivity index (χ2v) is 8.43. The van der Waals surface area contributed by atoms with E-state index >= 15 is 0 Å². The minimum Gasteiger partial charge on any atom is -0.497 e. The summed E-state index contributed by atoms with van der Waals surface area (Å²) in [6.45, 7) is 2.89. The first-order valence-corrected chi connectivity index (χ1v) is 11.3. The van der Waals surface area contributed by atoms with Crippen molar-refractivity contribution in [2.24, 2.45) is 5.10 Å². The van der Waals surface area contributed by atoms with Gasteiger partial charge in [0.05, 0.1) is 44.0 Å². The van der Waals surface area contributed by atoms with E-state index in [4.69, 9.17) is 18.9 Å². The molecule has 0 aliphatic carbocycles. The molecule has 0 bridgehead atoms. The molecule has 2 aromatic carbocycles. The van der Waals surface area contributed by atoms with Crippen LogP contribution < -0.4 is 14.2 Å². The highest BCUT2D eigenvalue weighted by Crippen LogP contribution is 2.28. The van der Waals surface area contributed by atoms with Gasteiger partial charge < -0.3 is 18.9 Å². The molecule has 2 rings (SSSR count). The quantitative estimate of drug-likeness (QED) is 0.286. The molecular formula is C22H28N2O7S. The summed E-state index contributed by atoms with van der Waals surface area (Å²) in [4.78, 5) is 11.4. The maximum atomic E-state index is 13.5. The first kappa shape index (κ1) is 25.0. The van der Waals surface area contributed by atoms with Crippen molar-refractivity contribution in [3.8, 4) is 17.2 Å². The molecule has 0 aliphatic rings. The van der Waals surface area contributed by atoms with Crippen LogP contribution >= 0.6 is 0 Å². The Morgan fingerprint density at radius 2 is 1.62 bits per heavy atom. The average Bonchev–Trinajstić information content (AvgIpc) is 2.80. The highest BCUT2D eigenvalue weighted by Gasteiger charge is 2.30. The van der Waals surface area contributed by atoms with Gasteiger partial charge in [0.25, 0.3) is 10.0 Å². The largest absolute Gasteiger partial charge is 0.497 e. The number of sulfonamides is 1. The Kier molecular flexibility index (Phi) is 8.89. The zero-order valence-electron chi connectivity index (χ0n) is 18.8. The van der Waals surface area contributed by atoms with Crippen LogP contribution in [0.2, 0.25) is 0 Å². The molecule has 0 N–H and O–H groups in total. The van der Waals surface area contributed by atoms with E-state index in [1.54, 1.807) is 37.3 Å². The predicted molar refractivity (Wildman–Crippen MR) is 120 cm³/mol. The summed E-state index contributed by atoms with van der Waals surface area (Å²) in [6, 6.07) is 10.4. The number of hydrogen-bond donors (Lipinski definition) is 0. The molecule has 0 saturated heterocycles. The zero-order chi connectivity index (χ0) is 23.7. The molecule has 0 spiro atoms. The lowest BCUT2D eigenvalue weighted by atomic mass is 10.2. The number of hydrogen-bond acceptors (Lipinski definition) is 8. The maximum Gasteiger partial charge on any atom is 0.302 e. The van der Waals surface area contributed by atoms with Crippen molar-refractivity contribution in [1.82, 2.24) is 4.41 Å². The minimum atomic E-state index is -4.09. The number of ether oxygens (including phenoxy) is 4. The van der Waals surface area contributed by atoms with Gasteiger partial charge in [-0.1, -0.05) is 13.0 Å². The number of rotatable bonds is 11. The fourth-order valence-corrected chi connectivity index (χ4v) is 4.35. The summed E-state index contributed by atoms with van der Waals surface area (Å²) in [5.41, 5.74) is 0.467. The molecule has 0 saturated carbocycles. The lowest BCUT2D eigenvalue weighted by Crippen LogP contribution is -2.39. The van der Waals surface area contributed by atoms with Crippen LogP contribution in [0.5, 0.6) is 17.2 Å². The fourth-order valence-electron chi connectivity index (χ4n) is 2.88. The Bertz CT molecular complexity index is 1010. The predicted octanol–water partition coefficient (Wildman–Crippen LogP) is 3.08. The van der Waals surface area contributed by atoms with Gasteiger partial charge in [-0.2, -0.15) is 17.9 Å². The van der Waals surface area contributed by atoms with Gasteiger partial charge in [-0.05, 0) is 42.8 Å². The summed E-state index contributed by atoms with van der Waals surface area (Å²) >= 11 is 0. The Balaban J connectivity index is 2.56. The third kappa shape index (κ3) is 5.91. The third-order valence-corrected chi connectivity index (χ3v) is 6.39. The second-order valence-electron chi connectivity index (χ2n) is 6.64. The van der Waals surface area contributed by atoms with Crippen LogP contribution in [0, 0.1) is 0 Å². The molecule has 9 nitrogen and oxygen atoms in total. The van der Waals surface area contributed by atoms with Crippen LogP contribution in [-0.2, 0) is 19.6 Å². The molecule has 32 heavy (non-hydrogen) atoms. The Labute approximate surface area is 188 Å². The van der Waals surface area contributed by atoms with E-state index in [-0.39, 0.29) is 11.5 Å². The van der Waals surface area contributed by atoms with E-state index in [1.165, 1.54) is 46.6 Å². The van der Waals surface area contributed by atoms with Crippen LogP contribution in [0.25, 0.3) is 0 Å². The van der Waals surface area contributed by atoms with Gasteiger partial charge in [0.2, 0.25) is 0 Å². The summed E-state index contributed by atoms with van der Waals surface area (Å²) in [7, 11) is 0.393. The van der Waals surface area contributed by atoms with Gasteiger partial charge in [-0.15, -0.1) is 0 Å². The van der Waals surface area contributed by atoms with Gasteiger partial charge in [-0.25, -0.2) is 0 Å². The summed E-state index contributed by atoms with van der Waals surface area (Å²) < 4.78 is 48.8. The van der Waals surface area contributed by atoms with Crippen molar-refractivity contribution < 1.29 is 32.2 Å². The summed E-state index contributed by atoms with van der Waals surface area (Å²) in [6.07, 6.45) is 1.71. The highest BCUT2D eigenvalue weighted by molar-refractivity contribution is 7.89. The van der Waals surface area contributed by atoms with Crippen LogP contribution in [0.1, 0.15) is 25.8 Å². The normalized spacial score (nSPS) is 12.3. The van der Waals surface area contributed by atoms with Crippen LogP contribution in [0.4, 0.5) is 0 Å². The number of benzene rings is 2. The van der Waals surface area contributed by atoms with E-state index in [2.05, 4.69) is 5.10 Å². The first-order valence-electron chi connectivity index (χ1n) is 9.85. The summed E-state index contributed by atoms with van der Waals surface area (Å²) in [5.74, 6) is 0.927. The van der Waals surface area contributed by atoms with E-state index in [9.17, 15) is 13.2 Å². The molecule has 0 aromatic heterocycles. The van der Waals surface area contributed by atoms with Crippen LogP contribution in [0.15, 0.2) is 52.5 Å². The number of nitrogens with zero attached hydrogens (tertiary/aromatic N) is 2. The average molecular weight is 465 g/mol. The lowest BCUT2D eigenvalue weighted by molar-refractivity contribution is -0.142. The van der Waals surface area contributed by atoms with Gasteiger partial charge in [0, 0.05) is 6.92 Å².